The Kier molecular flexibility index (Phi) is 5.90. The average molecular weight is 420 g/mol. The second kappa shape index (κ2) is 8.92. The second-order valence-electron chi connectivity index (χ2n) is 6.76. The molecule has 0 aliphatic heterocycles. The van der Waals surface area contributed by atoms with Gasteiger partial charge in [-0.05, 0) is 25.0 Å². The molecule has 0 spiro atoms. The number of hydrogen-bond acceptors (Lipinski definition) is 5. The highest BCUT2D eigenvalue weighted by molar-refractivity contribution is 7.17. The Hall–Kier alpha value is -3.45. The van der Waals surface area contributed by atoms with Crippen LogP contribution < -0.4 is 10.3 Å². The minimum Gasteiger partial charge on any atom is -0.494 e. The van der Waals surface area contributed by atoms with Crippen LogP contribution in [0.25, 0.3) is 21.6 Å². The molecule has 0 aliphatic rings. The lowest BCUT2D eigenvalue weighted by Gasteiger charge is -2.13. The Morgan fingerprint density at radius 3 is 2.43 bits per heavy atom. The van der Waals surface area contributed by atoms with E-state index in [-0.39, 0.29) is 16.5 Å². The van der Waals surface area contributed by atoms with Crippen LogP contribution in [-0.4, -0.2) is 27.2 Å². The van der Waals surface area contributed by atoms with Gasteiger partial charge in [-0.25, -0.2) is 9.78 Å². The fourth-order valence-corrected chi connectivity index (χ4v) is 4.18. The van der Waals surface area contributed by atoms with Crippen molar-refractivity contribution in [3.05, 3.63) is 82.0 Å². The summed E-state index contributed by atoms with van der Waals surface area (Å²) >= 11 is 1.18. The van der Waals surface area contributed by atoms with E-state index in [0.29, 0.717) is 30.2 Å². The summed E-state index contributed by atoms with van der Waals surface area (Å²) in [5, 5.41) is 11.1. The number of para-hydroxylation sites is 1. The summed E-state index contributed by atoms with van der Waals surface area (Å²) in [6.07, 6.45) is 1.45. The molecule has 0 amide bonds. The summed E-state index contributed by atoms with van der Waals surface area (Å²) in [5.74, 6) is 0.249. The van der Waals surface area contributed by atoms with Gasteiger partial charge in [0, 0.05) is 17.5 Å². The first-order valence-corrected chi connectivity index (χ1v) is 10.5. The summed E-state index contributed by atoms with van der Waals surface area (Å²) in [6, 6.07) is 19.1. The van der Waals surface area contributed by atoms with Gasteiger partial charge in [-0.1, -0.05) is 48.5 Å². The number of carboxylic acid groups (broad SMARTS) is 1. The predicted molar refractivity (Wildman–Crippen MR) is 117 cm³/mol. The highest BCUT2D eigenvalue weighted by Gasteiger charge is 2.20. The molecular weight excluding hydrogens is 400 g/mol. The van der Waals surface area contributed by atoms with Crippen molar-refractivity contribution in [3.8, 4) is 17.1 Å². The van der Waals surface area contributed by atoms with Crippen LogP contribution in [0.5, 0.6) is 5.75 Å². The molecule has 1 N–H and O–H groups in total. The van der Waals surface area contributed by atoms with Crippen LogP contribution >= 0.6 is 11.3 Å². The average Bonchev–Trinajstić information content (AvgIpc) is 3.21. The lowest BCUT2D eigenvalue weighted by molar-refractivity contribution is 0.0699. The number of aromatic carboxylic acids is 1. The first-order chi connectivity index (χ1) is 14.6. The SMILES string of the molecule is O=C(O)c1csc2nc(-c3ccccc3)n(CCCCOc3ccccc3)c(=O)c12. The van der Waals surface area contributed by atoms with Crippen LogP contribution in [0.3, 0.4) is 0 Å². The Labute approximate surface area is 177 Å². The number of aromatic nitrogens is 2. The van der Waals surface area contributed by atoms with Gasteiger partial charge in [-0.3, -0.25) is 9.36 Å². The number of benzene rings is 2. The van der Waals surface area contributed by atoms with Crippen molar-refractivity contribution >= 4 is 27.5 Å². The number of ether oxygens (including phenoxy) is 1. The third-order valence-corrected chi connectivity index (χ3v) is 5.62. The van der Waals surface area contributed by atoms with Gasteiger partial charge < -0.3 is 9.84 Å². The molecular formula is C23H20N2O4S. The Balaban J connectivity index is 1.61. The number of rotatable bonds is 8. The minimum atomic E-state index is -1.12. The fraction of sp³-hybridized carbons (Fsp3) is 0.174. The number of carbonyl (C=O) groups is 1. The molecule has 4 aromatic rings. The van der Waals surface area contributed by atoms with Crippen LogP contribution in [0.4, 0.5) is 0 Å². The van der Waals surface area contributed by atoms with E-state index >= 15 is 0 Å². The third kappa shape index (κ3) is 4.11. The summed E-state index contributed by atoms with van der Waals surface area (Å²) < 4.78 is 7.30. The lowest BCUT2D eigenvalue weighted by Crippen LogP contribution is -2.24. The Bertz CT molecular complexity index is 1220. The van der Waals surface area contributed by atoms with Crippen molar-refractivity contribution in [2.45, 2.75) is 19.4 Å². The maximum absolute atomic E-state index is 13.2. The molecule has 0 bridgehead atoms. The van der Waals surface area contributed by atoms with Gasteiger partial charge in [0.2, 0.25) is 0 Å². The molecule has 4 rings (SSSR count). The first-order valence-electron chi connectivity index (χ1n) is 9.64. The van der Waals surface area contributed by atoms with Gasteiger partial charge in [0.15, 0.2) is 0 Å². The summed E-state index contributed by atoms with van der Waals surface area (Å²) in [5.41, 5.74) is 0.511. The topological polar surface area (TPSA) is 81.4 Å². The van der Waals surface area contributed by atoms with Crippen molar-refractivity contribution < 1.29 is 14.6 Å². The second-order valence-corrected chi connectivity index (χ2v) is 7.62. The van der Waals surface area contributed by atoms with E-state index in [1.54, 1.807) is 4.57 Å². The maximum atomic E-state index is 13.2. The van der Waals surface area contributed by atoms with E-state index in [2.05, 4.69) is 4.98 Å². The molecule has 7 heteroatoms. The molecule has 2 heterocycles. The quantitative estimate of drug-likeness (QED) is 0.419. The smallest absolute Gasteiger partial charge is 0.337 e. The third-order valence-electron chi connectivity index (χ3n) is 4.74. The molecule has 0 saturated carbocycles. The molecule has 2 aromatic heterocycles. The molecule has 0 atom stereocenters. The van der Waals surface area contributed by atoms with Crippen molar-refractivity contribution in [1.82, 2.24) is 9.55 Å². The summed E-state index contributed by atoms with van der Waals surface area (Å²) in [6.45, 7) is 0.965. The number of carboxylic acids is 1. The standard InChI is InChI=1S/C23H20N2O4S/c26-22-19-18(23(27)28)15-30-21(19)24-20(16-9-3-1-4-10-16)25(22)13-7-8-14-29-17-11-5-2-6-12-17/h1-6,9-12,15H,7-8,13-14H2,(H,27,28). The Morgan fingerprint density at radius 2 is 1.73 bits per heavy atom. The van der Waals surface area contributed by atoms with Gasteiger partial charge in [0.1, 0.15) is 16.4 Å². The van der Waals surface area contributed by atoms with E-state index in [0.717, 1.165) is 17.7 Å². The van der Waals surface area contributed by atoms with Crippen LogP contribution in [0.1, 0.15) is 23.2 Å². The van der Waals surface area contributed by atoms with Gasteiger partial charge in [0.05, 0.1) is 17.6 Å². The molecule has 6 nitrogen and oxygen atoms in total. The zero-order chi connectivity index (χ0) is 20.9. The number of nitrogens with zero attached hydrogens (tertiary/aromatic N) is 2. The van der Waals surface area contributed by atoms with Crippen LogP contribution in [-0.2, 0) is 6.54 Å². The largest absolute Gasteiger partial charge is 0.494 e. The molecule has 0 radical (unpaired) electrons. The van der Waals surface area contributed by atoms with E-state index in [4.69, 9.17) is 4.74 Å². The van der Waals surface area contributed by atoms with Crippen LogP contribution in [0.2, 0.25) is 0 Å². The summed E-state index contributed by atoms with van der Waals surface area (Å²) in [4.78, 5) is 29.9. The maximum Gasteiger partial charge on any atom is 0.337 e. The normalized spacial score (nSPS) is 10.9. The zero-order valence-electron chi connectivity index (χ0n) is 16.2. The van der Waals surface area contributed by atoms with Gasteiger partial charge in [0.25, 0.3) is 5.56 Å². The first kappa shape index (κ1) is 19.8. The molecule has 30 heavy (non-hydrogen) atoms. The molecule has 152 valence electrons. The minimum absolute atomic E-state index is 0.00766. The van der Waals surface area contributed by atoms with Crippen LogP contribution in [0.15, 0.2) is 70.8 Å². The van der Waals surface area contributed by atoms with Crippen molar-refractivity contribution in [2.24, 2.45) is 0 Å². The zero-order valence-corrected chi connectivity index (χ0v) is 17.0. The molecule has 0 fully saturated rings. The predicted octanol–water partition coefficient (Wildman–Crippen LogP) is 4.68. The lowest BCUT2D eigenvalue weighted by atomic mass is 10.2. The molecule has 0 unspecified atom stereocenters. The molecule has 0 saturated heterocycles. The molecule has 2 aromatic carbocycles. The van der Waals surface area contributed by atoms with E-state index in [9.17, 15) is 14.7 Å². The van der Waals surface area contributed by atoms with E-state index in [1.165, 1.54) is 16.7 Å². The fourth-order valence-electron chi connectivity index (χ4n) is 3.28. The van der Waals surface area contributed by atoms with Gasteiger partial charge in [-0.2, -0.15) is 0 Å². The van der Waals surface area contributed by atoms with E-state index < -0.39 is 5.97 Å². The van der Waals surface area contributed by atoms with Crippen molar-refractivity contribution in [1.29, 1.82) is 0 Å². The van der Waals surface area contributed by atoms with E-state index in [1.807, 2.05) is 60.7 Å². The number of fused-ring (bicyclic) bond motifs is 1. The van der Waals surface area contributed by atoms with Crippen LogP contribution in [0, 0.1) is 0 Å². The Morgan fingerprint density at radius 1 is 1.03 bits per heavy atom. The monoisotopic (exact) mass is 420 g/mol. The van der Waals surface area contributed by atoms with Gasteiger partial charge >= 0.3 is 5.97 Å². The number of hydrogen-bond donors (Lipinski definition) is 1. The molecule has 0 aliphatic carbocycles. The highest BCUT2D eigenvalue weighted by Crippen LogP contribution is 2.25. The van der Waals surface area contributed by atoms with Gasteiger partial charge in [-0.15, -0.1) is 11.3 Å². The number of unbranched alkanes of at least 4 members (excludes halogenated alkanes) is 1. The van der Waals surface area contributed by atoms with Crippen molar-refractivity contribution in [3.63, 3.8) is 0 Å². The van der Waals surface area contributed by atoms with Crippen molar-refractivity contribution in [2.75, 3.05) is 6.61 Å². The number of thiophene rings is 1. The summed E-state index contributed by atoms with van der Waals surface area (Å²) in [7, 11) is 0. The highest BCUT2D eigenvalue weighted by atomic mass is 32.1.